The highest BCUT2D eigenvalue weighted by molar-refractivity contribution is 6.31. The van der Waals surface area contributed by atoms with Crippen molar-refractivity contribution < 1.29 is 22.8 Å². The number of rotatable bonds is 4. The molecule has 2 amide bonds. The highest BCUT2D eigenvalue weighted by Gasteiger charge is 2.40. The lowest BCUT2D eigenvalue weighted by Gasteiger charge is -2.21. The molecule has 1 saturated heterocycles. The van der Waals surface area contributed by atoms with E-state index >= 15 is 0 Å². The van der Waals surface area contributed by atoms with Crippen molar-refractivity contribution in [1.82, 2.24) is 5.32 Å². The minimum Gasteiger partial charge on any atom is -0.352 e. The van der Waals surface area contributed by atoms with Crippen molar-refractivity contribution >= 4 is 29.1 Å². The van der Waals surface area contributed by atoms with Gasteiger partial charge in [0, 0.05) is 24.5 Å². The summed E-state index contributed by atoms with van der Waals surface area (Å²) in [5.74, 6) is -1.62. The van der Waals surface area contributed by atoms with Crippen LogP contribution in [0.25, 0.3) is 0 Å². The van der Waals surface area contributed by atoms with Gasteiger partial charge in [-0.15, -0.1) is 0 Å². The number of carbonyl (C=O) groups excluding carboxylic acids is 2. The second-order valence-corrected chi connectivity index (χ2v) is 6.64. The Kier molecular flexibility index (Phi) is 5.41. The fourth-order valence-corrected chi connectivity index (χ4v) is 3.24. The van der Waals surface area contributed by atoms with Crippen molar-refractivity contribution in [1.29, 1.82) is 0 Å². The van der Waals surface area contributed by atoms with E-state index in [1.54, 1.807) is 24.3 Å². The molecule has 3 rings (SSSR count). The second-order valence-electron chi connectivity index (χ2n) is 6.23. The van der Waals surface area contributed by atoms with E-state index in [-0.39, 0.29) is 25.2 Å². The van der Waals surface area contributed by atoms with Crippen LogP contribution in [0.3, 0.4) is 0 Å². The number of carbonyl (C=O) groups is 2. The van der Waals surface area contributed by atoms with Crippen molar-refractivity contribution in [2.24, 2.45) is 5.92 Å². The molecule has 2 aromatic carbocycles. The van der Waals surface area contributed by atoms with Gasteiger partial charge < -0.3 is 10.2 Å². The molecule has 0 saturated carbocycles. The standard InChI is InChI=1S/C19H16ClF3N2O2/c20-15-7-3-1-5-12(15)10-24-18(27)13-9-17(26)25(11-13)16-8-4-2-6-14(16)19(21,22)23/h1-8,13H,9-11H2,(H,24,27). The van der Waals surface area contributed by atoms with Crippen LogP contribution in [-0.2, 0) is 22.3 Å². The van der Waals surface area contributed by atoms with E-state index in [9.17, 15) is 22.8 Å². The van der Waals surface area contributed by atoms with Crippen LogP contribution in [0.4, 0.5) is 18.9 Å². The number of hydrogen-bond acceptors (Lipinski definition) is 2. The molecule has 1 aliphatic rings. The van der Waals surface area contributed by atoms with Crippen LogP contribution in [-0.4, -0.2) is 18.4 Å². The number of anilines is 1. The van der Waals surface area contributed by atoms with Gasteiger partial charge in [-0.25, -0.2) is 0 Å². The smallest absolute Gasteiger partial charge is 0.352 e. The lowest BCUT2D eigenvalue weighted by molar-refractivity contribution is -0.137. The molecule has 4 nitrogen and oxygen atoms in total. The molecule has 1 fully saturated rings. The highest BCUT2D eigenvalue weighted by atomic mass is 35.5. The first-order chi connectivity index (χ1) is 12.8. The first-order valence-electron chi connectivity index (χ1n) is 8.25. The third kappa shape index (κ3) is 4.24. The zero-order valence-electron chi connectivity index (χ0n) is 14.1. The molecule has 1 heterocycles. The predicted octanol–water partition coefficient (Wildman–Crippen LogP) is 4.03. The zero-order chi connectivity index (χ0) is 19.6. The Morgan fingerprint density at radius 2 is 1.81 bits per heavy atom. The molecule has 142 valence electrons. The largest absolute Gasteiger partial charge is 0.418 e. The Morgan fingerprint density at radius 1 is 1.15 bits per heavy atom. The third-order valence-electron chi connectivity index (χ3n) is 4.41. The van der Waals surface area contributed by atoms with Crippen molar-refractivity contribution in [2.45, 2.75) is 19.1 Å². The van der Waals surface area contributed by atoms with Crippen molar-refractivity contribution in [2.75, 3.05) is 11.4 Å². The molecule has 1 aliphatic heterocycles. The summed E-state index contributed by atoms with van der Waals surface area (Å²) in [6.07, 6.45) is -4.72. The number of halogens is 4. The predicted molar refractivity (Wildman–Crippen MR) is 95.2 cm³/mol. The van der Waals surface area contributed by atoms with Crippen LogP contribution >= 0.6 is 11.6 Å². The summed E-state index contributed by atoms with van der Waals surface area (Å²) >= 11 is 6.03. The maximum Gasteiger partial charge on any atom is 0.418 e. The van der Waals surface area contributed by atoms with Crippen LogP contribution in [0, 0.1) is 5.92 Å². The van der Waals surface area contributed by atoms with Crippen LogP contribution in [0.1, 0.15) is 17.5 Å². The summed E-state index contributed by atoms with van der Waals surface area (Å²) < 4.78 is 39.6. The molecule has 2 aromatic rings. The van der Waals surface area contributed by atoms with E-state index in [1.807, 2.05) is 0 Å². The Bertz CT molecular complexity index is 870. The number of amides is 2. The van der Waals surface area contributed by atoms with E-state index in [0.717, 1.165) is 16.5 Å². The number of nitrogens with zero attached hydrogens (tertiary/aromatic N) is 1. The average molecular weight is 397 g/mol. The monoisotopic (exact) mass is 396 g/mol. The molecule has 1 atom stereocenters. The molecule has 27 heavy (non-hydrogen) atoms. The average Bonchev–Trinajstić information content (AvgIpc) is 3.02. The second kappa shape index (κ2) is 7.60. The summed E-state index contributed by atoms with van der Waals surface area (Å²) in [4.78, 5) is 25.7. The van der Waals surface area contributed by atoms with Gasteiger partial charge in [0.05, 0.1) is 17.2 Å². The maximum atomic E-state index is 13.2. The van der Waals surface area contributed by atoms with E-state index in [1.165, 1.54) is 18.2 Å². The summed E-state index contributed by atoms with van der Waals surface area (Å²) in [6.45, 7) is 0.0859. The van der Waals surface area contributed by atoms with Gasteiger partial charge in [0.25, 0.3) is 0 Å². The zero-order valence-corrected chi connectivity index (χ0v) is 14.8. The Morgan fingerprint density at radius 3 is 2.52 bits per heavy atom. The van der Waals surface area contributed by atoms with Gasteiger partial charge in [-0.1, -0.05) is 41.9 Å². The highest BCUT2D eigenvalue weighted by Crippen LogP contribution is 2.38. The SMILES string of the molecule is O=C(NCc1ccccc1Cl)C1CC(=O)N(c2ccccc2C(F)(F)F)C1. The molecule has 0 radical (unpaired) electrons. The van der Waals surface area contributed by atoms with E-state index < -0.39 is 29.5 Å². The summed E-state index contributed by atoms with van der Waals surface area (Å²) in [7, 11) is 0. The minimum absolute atomic E-state index is 0.0969. The van der Waals surface area contributed by atoms with Gasteiger partial charge in [-0.3, -0.25) is 9.59 Å². The lowest BCUT2D eigenvalue weighted by atomic mass is 10.1. The Balaban J connectivity index is 1.71. The van der Waals surface area contributed by atoms with Crippen molar-refractivity contribution in [3.05, 3.63) is 64.7 Å². The number of hydrogen-bond donors (Lipinski definition) is 1. The number of nitrogens with one attached hydrogen (secondary N) is 1. The molecule has 0 aliphatic carbocycles. The van der Waals surface area contributed by atoms with E-state index in [2.05, 4.69) is 5.32 Å². The van der Waals surface area contributed by atoms with Gasteiger partial charge >= 0.3 is 6.18 Å². The lowest BCUT2D eigenvalue weighted by Crippen LogP contribution is -2.33. The van der Waals surface area contributed by atoms with Gasteiger partial charge in [0.1, 0.15) is 0 Å². The van der Waals surface area contributed by atoms with Gasteiger partial charge in [-0.05, 0) is 23.8 Å². The quantitative estimate of drug-likeness (QED) is 0.848. The van der Waals surface area contributed by atoms with Gasteiger partial charge in [0.15, 0.2) is 0 Å². The Labute approximate surface area is 158 Å². The van der Waals surface area contributed by atoms with Gasteiger partial charge in [-0.2, -0.15) is 13.2 Å². The maximum absolute atomic E-state index is 13.2. The van der Waals surface area contributed by atoms with Gasteiger partial charge in [0.2, 0.25) is 11.8 Å². The van der Waals surface area contributed by atoms with Crippen LogP contribution in [0.5, 0.6) is 0 Å². The fourth-order valence-electron chi connectivity index (χ4n) is 3.03. The first kappa shape index (κ1) is 19.2. The summed E-state index contributed by atoms with van der Waals surface area (Å²) in [5.41, 5.74) is -0.400. The minimum atomic E-state index is -4.58. The normalized spacial score (nSPS) is 17.3. The number of benzene rings is 2. The summed E-state index contributed by atoms with van der Waals surface area (Å²) in [6, 6.07) is 11.9. The molecular formula is C19H16ClF3N2O2. The van der Waals surface area contributed by atoms with E-state index in [0.29, 0.717) is 5.02 Å². The molecule has 0 spiro atoms. The molecule has 8 heteroatoms. The molecule has 1 N–H and O–H groups in total. The molecular weight excluding hydrogens is 381 g/mol. The van der Waals surface area contributed by atoms with Crippen LogP contribution in [0.2, 0.25) is 5.02 Å². The van der Waals surface area contributed by atoms with Crippen molar-refractivity contribution in [3.63, 3.8) is 0 Å². The molecule has 0 aromatic heterocycles. The Hall–Kier alpha value is -2.54. The third-order valence-corrected chi connectivity index (χ3v) is 4.78. The topological polar surface area (TPSA) is 49.4 Å². The number of alkyl halides is 3. The van der Waals surface area contributed by atoms with E-state index in [4.69, 9.17) is 11.6 Å². The summed E-state index contributed by atoms with van der Waals surface area (Å²) in [5, 5.41) is 3.20. The molecule has 1 unspecified atom stereocenters. The van der Waals surface area contributed by atoms with Crippen molar-refractivity contribution in [3.8, 4) is 0 Å². The first-order valence-corrected chi connectivity index (χ1v) is 8.63. The fraction of sp³-hybridized carbons (Fsp3) is 0.263. The molecule has 0 bridgehead atoms. The number of para-hydroxylation sites is 1. The van der Waals surface area contributed by atoms with Crippen LogP contribution < -0.4 is 10.2 Å². The van der Waals surface area contributed by atoms with Crippen LogP contribution in [0.15, 0.2) is 48.5 Å².